The first kappa shape index (κ1) is 6.33. The van der Waals surface area contributed by atoms with E-state index in [4.69, 9.17) is 0 Å². The number of rotatable bonds is 3. The Labute approximate surface area is 55.3 Å². The molecular weight excluding hydrogens is 112 g/mol. The maximum Gasteiger partial charge on any atom is 0.0659 e. The van der Waals surface area contributed by atoms with Gasteiger partial charge in [0.15, 0.2) is 0 Å². The monoisotopic (exact) mass is 123 g/mol. The molecule has 0 amide bonds. The summed E-state index contributed by atoms with van der Waals surface area (Å²) in [6, 6.07) is 1.97. The molecule has 0 aliphatic carbocycles. The zero-order valence-electron chi connectivity index (χ0n) is 5.59. The normalized spacial score (nSPS) is 9.89. The van der Waals surface area contributed by atoms with Crippen molar-refractivity contribution >= 4 is 0 Å². The van der Waals surface area contributed by atoms with Crippen LogP contribution in [0.25, 0.3) is 0 Å². The van der Waals surface area contributed by atoms with Gasteiger partial charge < -0.3 is 0 Å². The van der Waals surface area contributed by atoms with Crippen LogP contribution in [0, 0.1) is 6.42 Å². The molecule has 0 saturated heterocycles. The Hall–Kier alpha value is -0.790. The average molecular weight is 123 g/mol. The van der Waals surface area contributed by atoms with Crippen LogP contribution in [0.1, 0.15) is 25.5 Å². The second-order valence-electron chi connectivity index (χ2n) is 1.99. The van der Waals surface area contributed by atoms with Gasteiger partial charge in [0.2, 0.25) is 0 Å². The van der Waals surface area contributed by atoms with Gasteiger partial charge in [0, 0.05) is 12.6 Å². The molecule has 1 aromatic heterocycles. The minimum absolute atomic E-state index is 1.05. The van der Waals surface area contributed by atoms with Gasteiger partial charge in [-0.15, -0.1) is 0 Å². The largest absolute Gasteiger partial charge is 0.285 e. The van der Waals surface area contributed by atoms with Crippen molar-refractivity contribution in [1.29, 1.82) is 0 Å². The van der Waals surface area contributed by atoms with Crippen LogP contribution in [0.3, 0.4) is 0 Å². The highest BCUT2D eigenvalue weighted by atomic mass is 15.1. The predicted molar refractivity (Wildman–Crippen MR) is 36.9 cm³/mol. The van der Waals surface area contributed by atoms with E-state index >= 15 is 0 Å². The SMILES string of the molecule is CCC[CH]c1cc[nH]n1. The number of H-pyrrole nitrogens is 1. The van der Waals surface area contributed by atoms with Gasteiger partial charge in [0.1, 0.15) is 0 Å². The third-order valence-electron chi connectivity index (χ3n) is 1.16. The number of hydrogen-bond donors (Lipinski definition) is 1. The summed E-state index contributed by atoms with van der Waals surface area (Å²) in [7, 11) is 0. The van der Waals surface area contributed by atoms with Crippen molar-refractivity contribution in [3.8, 4) is 0 Å². The zero-order valence-corrected chi connectivity index (χ0v) is 5.59. The smallest absolute Gasteiger partial charge is 0.0659 e. The highest BCUT2D eigenvalue weighted by Gasteiger charge is 1.91. The van der Waals surface area contributed by atoms with Gasteiger partial charge in [-0.2, -0.15) is 5.10 Å². The summed E-state index contributed by atoms with van der Waals surface area (Å²) in [6.07, 6.45) is 6.26. The summed E-state index contributed by atoms with van der Waals surface area (Å²) < 4.78 is 0. The first-order valence-electron chi connectivity index (χ1n) is 3.26. The van der Waals surface area contributed by atoms with Gasteiger partial charge >= 0.3 is 0 Å². The van der Waals surface area contributed by atoms with Gasteiger partial charge in [0.25, 0.3) is 0 Å². The lowest BCUT2D eigenvalue weighted by Crippen LogP contribution is -1.79. The van der Waals surface area contributed by atoms with Crippen LogP contribution in [0.2, 0.25) is 0 Å². The molecule has 0 atom stereocenters. The van der Waals surface area contributed by atoms with Crippen LogP contribution < -0.4 is 0 Å². The maximum absolute atomic E-state index is 3.97. The molecule has 1 heterocycles. The fourth-order valence-electron chi connectivity index (χ4n) is 0.678. The Balaban J connectivity index is 2.30. The van der Waals surface area contributed by atoms with E-state index in [1.807, 2.05) is 12.3 Å². The lowest BCUT2D eigenvalue weighted by molar-refractivity contribution is 0.893. The molecule has 0 aliphatic rings. The van der Waals surface area contributed by atoms with Crippen LogP contribution in [0.4, 0.5) is 0 Å². The molecule has 49 valence electrons. The van der Waals surface area contributed by atoms with Crippen LogP contribution in [0.15, 0.2) is 12.3 Å². The first-order valence-corrected chi connectivity index (χ1v) is 3.26. The molecular formula is C7H11N2. The topological polar surface area (TPSA) is 28.7 Å². The highest BCUT2D eigenvalue weighted by molar-refractivity contribution is 5.08. The Bertz CT molecular complexity index is 144. The quantitative estimate of drug-likeness (QED) is 0.651. The lowest BCUT2D eigenvalue weighted by Gasteiger charge is -1.88. The van der Waals surface area contributed by atoms with E-state index in [0.717, 1.165) is 12.1 Å². The number of aromatic nitrogens is 2. The van der Waals surface area contributed by atoms with Gasteiger partial charge in [-0.25, -0.2) is 0 Å². The average Bonchev–Trinajstić information content (AvgIpc) is 2.34. The maximum atomic E-state index is 3.97. The van der Waals surface area contributed by atoms with Crippen LogP contribution in [-0.4, -0.2) is 10.2 Å². The van der Waals surface area contributed by atoms with E-state index in [1.54, 1.807) is 0 Å². The van der Waals surface area contributed by atoms with Gasteiger partial charge in [-0.3, -0.25) is 5.10 Å². The Kier molecular flexibility index (Phi) is 2.31. The minimum Gasteiger partial charge on any atom is -0.285 e. The molecule has 0 aromatic carbocycles. The van der Waals surface area contributed by atoms with E-state index in [-0.39, 0.29) is 0 Å². The molecule has 1 radical (unpaired) electrons. The Morgan fingerprint density at radius 3 is 3.22 bits per heavy atom. The van der Waals surface area contributed by atoms with Crippen molar-refractivity contribution in [3.05, 3.63) is 24.4 Å². The van der Waals surface area contributed by atoms with E-state index in [0.29, 0.717) is 0 Å². The second-order valence-corrected chi connectivity index (χ2v) is 1.99. The molecule has 2 heteroatoms. The summed E-state index contributed by atoms with van der Waals surface area (Å²) in [6.45, 7) is 2.16. The summed E-state index contributed by atoms with van der Waals surface area (Å²) in [5.74, 6) is 0. The van der Waals surface area contributed by atoms with Crippen molar-refractivity contribution in [1.82, 2.24) is 10.2 Å². The molecule has 1 rings (SSSR count). The van der Waals surface area contributed by atoms with Crippen LogP contribution in [0.5, 0.6) is 0 Å². The van der Waals surface area contributed by atoms with Crippen molar-refractivity contribution < 1.29 is 0 Å². The van der Waals surface area contributed by atoms with Crippen molar-refractivity contribution in [3.63, 3.8) is 0 Å². The fourth-order valence-corrected chi connectivity index (χ4v) is 0.678. The summed E-state index contributed by atoms with van der Waals surface area (Å²) in [5.41, 5.74) is 1.05. The van der Waals surface area contributed by atoms with Crippen molar-refractivity contribution in [2.45, 2.75) is 19.8 Å². The standard InChI is InChI=1S/C7H11N2/c1-2-3-4-7-5-6-8-9-7/h4-6H,2-3H2,1H3,(H,8,9). The van der Waals surface area contributed by atoms with Gasteiger partial charge in [-0.1, -0.05) is 13.3 Å². The first-order chi connectivity index (χ1) is 4.43. The van der Waals surface area contributed by atoms with Gasteiger partial charge in [0.05, 0.1) is 5.69 Å². The Morgan fingerprint density at radius 2 is 2.67 bits per heavy atom. The van der Waals surface area contributed by atoms with Crippen LogP contribution >= 0.6 is 0 Å². The zero-order chi connectivity index (χ0) is 6.53. The third kappa shape index (κ3) is 1.88. The second kappa shape index (κ2) is 3.28. The molecule has 0 spiro atoms. The van der Waals surface area contributed by atoms with E-state index in [1.165, 1.54) is 6.42 Å². The molecule has 0 saturated carbocycles. The number of nitrogens with zero attached hydrogens (tertiary/aromatic N) is 1. The minimum atomic E-state index is 1.05. The number of unbranched alkanes of at least 4 members (excludes halogenated alkanes) is 1. The molecule has 9 heavy (non-hydrogen) atoms. The van der Waals surface area contributed by atoms with E-state index < -0.39 is 0 Å². The molecule has 2 nitrogen and oxygen atoms in total. The summed E-state index contributed by atoms with van der Waals surface area (Å²) in [4.78, 5) is 0. The van der Waals surface area contributed by atoms with E-state index in [9.17, 15) is 0 Å². The fraction of sp³-hybridized carbons (Fsp3) is 0.429. The summed E-state index contributed by atoms with van der Waals surface area (Å²) >= 11 is 0. The number of nitrogens with one attached hydrogen (secondary N) is 1. The molecule has 1 aromatic rings. The van der Waals surface area contributed by atoms with Gasteiger partial charge in [-0.05, 0) is 12.5 Å². The van der Waals surface area contributed by atoms with Crippen molar-refractivity contribution in [2.24, 2.45) is 0 Å². The number of aromatic amines is 1. The predicted octanol–water partition coefficient (Wildman–Crippen LogP) is 1.76. The highest BCUT2D eigenvalue weighted by Crippen LogP contribution is 2.01. The molecule has 1 N–H and O–H groups in total. The summed E-state index contributed by atoms with van der Waals surface area (Å²) in [5, 5.41) is 6.73. The third-order valence-corrected chi connectivity index (χ3v) is 1.16. The molecule has 0 bridgehead atoms. The number of hydrogen-bond acceptors (Lipinski definition) is 1. The Morgan fingerprint density at radius 1 is 1.78 bits per heavy atom. The van der Waals surface area contributed by atoms with E-state index in [2.05, 4.69) is 23.5 Å². The lowest BCUT2D eigenvalue weighted by atomic mass is 10.2. The molecule has 0 aliphatic heterocycles. The molecule has 0 unspecified atom stereocenters. The molecule has 0 fully saturated rings. The van der Waals surface area contributed by atoms with Crippen molar-refractivity contribution in [2.75, 3.05) is 0 Å². The van der Waals surface area contributed by atoms with Crippen LogP contribution in [-0.2, 0) is 0 Å².